The van der Waals surface area contributed by atoms with E-state index >= 15 is 0 Å². The normalized spacial score (nSPS) is 11.2. The molecule has 0 heterocycles. The Balaban J connectivity index is 2.38. The number of nitrogens with zero attached hydrogens (tertiary/aromatic N) is 1. The maximum Gasteiger partial charge on any atom is 0.269 e. The van der Waals surface area contributed by atoms with Crippen molar-refractivity contribution in [3.63, 3.8) is 0 Å². The molecule has 0 aliphatic carbocycles. The van der Waals surface area contributed by atoms with E-state index in [1.807, 2.05) is 0 Å². The van der Waals surface area contributed by atoms with E-state index in [2.05, 4.69) is 52.5 Å². The molecule has 0 amide bonds. The molecule has 2 aromatic rings. The van der Waals surface area contributed by atoms with E-state index in [9.17, 15) is 18.5 Å². The van der Waals surface area contributed by atoms with E-state index in [0.29, 0.717) is 14.6 Å². The molecule has 0 fully saturated rings. The molecule has 0 aromatic heterocycles. The SMILES string of the molecule is O=[N+]([O-])c1ccc(S(=O)(=O)Nc2c(Br)cc(Br)cc2Br)cc1. The maximum absolute atomic E-state index is 12.3. The monoisotopic (exact) mass is 512 g/mol. The lowest BCUT2D eigenvalue weighted by Gasteiger charge is -2.12. The van der Waals surface area contributed by atoms with Crippen molar-refractivity contribution in [2.24, 2.45) is 0 Å². The molecule has 2 aromatic carbocycles. The highest BCUT2D eigenvalue weighted by atomic mass is 79.9. The summed E-state index contributed by atoms with van der Waals surface area (Å²) in [6, 6.07) is 8.03. The van der Waals surface area contributed by atoms with Crippen molar-refractivity contribution in [1.29, 1.82) is 0 Å². The first-order valence-electron chi connectivity index (χ1n) is 5.62. The van der Waals surface area contributed by atoms with Gasteiger partial charge in [0.05, 0.1) is 15.5 Å². The second kappa shape index (κ2) is 6.65. The minimum Gasteiger partial charge on any atom is -0.277 e. The van der Waals surface area contributed by atoms with Gasteiger partial charge < -0.3 is 0 Å². The molecule has 0 saturated heterocycles. The number of anilines is 1. The average molecular weight is 515 g/mol. The summed E-state index contributed by atoms with van der Waals surface area (Å²) in [7, 11) is -3.86. The van der Waals surface area contributed by atoms with Gasteiger partial charge in [0.15, 0.2) is 0 Å². The first-order chi connectivity index (χ1) is 10.2. The minimum absolute atomic E-state index is 0.0696. The van der Waals surface area contributed by atoms with Crippen LogP contribution >= 0.6 is 47.8 Å². The molecular weight excluding hydrogens is 508 g/mol. The summed E-state index contributed by atoms with van der Waals surface area (Å²) < 4.78 is 29.0. The van der Waals surface area contributed by atoms with Gasteiger partial charge in [0.25, 0.3) is 15.7 Å². The fourth-order valence-corrected chi connectivity index (χ4v) is 5.40. The van der Waals surface area contributed by atoms with Crippen molar-refractivity contribution < 1.29 is 13.3 Å². The van der Waals surface area contributed by atoms with Crippen molar-refractivity contribution in [3.05, 3.63) is 59.9 Å². The predicted molar refractivity (Wildman–Crippen MR) is 93.4 cm³/mol. The third-order valence-corrected chi connectivity index (χ3v) is 5.68. The van der Waals surface area contributed by atoms with E-state index in [4.69, 9.17) is 0 Å². The van der Waals surface area contributed by atoms with E-state index in [1.165, 1.54) is 12.1 Å². The van der Waals surface area contributed by atoms with Crippen molar-refractivity contribution in [1.82, 2.24) is 0 Å². The Labute approximate surface area is 151 Å². The van der Waals surface area contributed by atoms with E-state index < -0.39 is 14.9 Å². The van der Waals surface area contributed by atoms with Gasteiger partial charge in [-0.15, -0.1) is 0 Å². The zero-order chi connectivity index (χ0) is 16.5. The van der Waals surface area contributed by atoms with Crippen molar-refractivity contribution in [2.45, 2.75) is 4.90 Å². The third kappa shape index (κ3) is 3.86. The van der Waals surface area contributed by atoms with Crippen LogP contribution in [0.25, 0.3) is 0 Å². The van der Waals surface area contributed by atoms with Crippen LogP contribution in [-0.4, -0.2) is 13.3 Å². The summed E-state index contributed by atoms with van der Waals surface area (Å²) in [5, 5.41) is 10.6. The second-order valence-corrected chi connectivity index (χ2v) is 8.41. The van der Waals surface area contributed by atoms with Crippen molar-refractivity contribution in [2.75, 3.05) is 4.72 Å². The number of non-ortho nitro benzene ring substituents is 1. The number of nitro groups is 1. The summed E-state index contributed by atoms with van der Waals surface area (Å²) in [5.41, 5.74) is 0.159. The molecule has 0 aliphatic rings. The van der Waals surface area contributed by atoms with Crippen LogP contribution in [0.2, 0.25) is 0 Å². The predicted octanol–water partition coefficient (Wildman–Crippen LogP) is 4.68. The Morgan fingerprint density at radius 2 is 1.50 bits per heavy atom. The molecular formula is C12H7Br3N2O4S. The van der Waals surface area contributed by atoms with E-state index in [1.54, 1.807) is 12.1 Å². The van der Waals surface area contributed by atoms with Gasteiger partial charge in [0.1, 0.15) is 0 Å². The highest BCUT2D eigenvalue weighted by Crippen LogP contribution is 2.35. The summed E-state index contributed by atoms with van der Waals surface area (Å²) in [4.78, 5) is 9.94. The molecule has 0 radical (unpaired) electrons. The zero-order valence-corrected chi connectivity index (χ0v) is 16.2. The number of hydrogen-bond acceptors (Lipinski definition) is 4. The zero-order valence-electron chi connectivity index (χ0n) is 10.6. The van der Waals surface area contributed by atoms with Gasteiger partial charge in [0.2, 0.25) is 0 Å². The number of hydrogen-bond donors (Lipinski definition) is 1. The molecule has 0 saturated carbocycles. The van der Waals surface area contributed by atoms with E-state index in [0.717, 1.165) is 16.6 Å². The number of rotatable bonds is 4. The van der Waals surface area contributed by atoms with Gasteiger partial charge in [-0.1, -0.05) is 15.9 Å². The summed E-state index contributed by atoms with van der Waals surface area (Å²) in [6.45, 7) is 0. The lowest BCUT2D eigenvalue weighted by Crippen LogP contribution is -2.13. The number of halogens is 3. The first kappa shape index (κ1) is 17.4. The topological polar surface area (TPSA) is 89.3 Å². The van der Waals surface area contributed by atoms with Crippen LogP contribution in [-0.2, 0) is 10.0 Å². The Morgan fingerprint density at radius 3 is 1.95 bits per heavy atom. The second-order valence-electron chi connectivity index (χ2n) is 4.10. The highest BCUT2D eigenvalue weighted by Gasteiger charge is 2.19. The standard InChI is InChI=1S/C12H7Br3N2O4S/c13-7-5-10(14)12(11(15)6-7)16-22(20,21)9-3-1-8(2-4-9)17(18)19/h1-6,16H. The minimum atomic E-state index is -3.86. The summed E-state index contributed by atoms with van der Waals surface area (Å²) in [5.74, 6) is 0. The van der Waals surface area contributed by atoms with Gasteiger partial charge >= 0.3 is 0 Å². The number of benzene rings is 2. The van der Waals surface area contributed by atoms with Crippen LogP contribution in [0, 0.1) is 10.1 Å². The molecule has 116 valence electrons. The fourth-order valence-electron chi connectivity index (χ4n) is 1.58. The van der Waals surface area contributed by atoms with Gasteiger partial charge in [-0.3, -0.25) is 14.8 Å². The number of nitrogens with one attached hydrogen (secondary N) is 1. The van der Waals surface area contributed by atoms with Crippen molar-refractivity contribution in [3.8, 4) is 0 Å². The molecule has 0 spiro atoms. The Kier molecular flexibility index (Phi) is 5.25. The van der Waals surface area contributed by atoms with Gasteiger partial charge in [0, 0.05) is 25.6 Å². The first-order valence-corrected chi connectivity index (χ1v) is 9.49. The van der Waals surface area contributed by atoms with Gasteiger partial charge in [-0.2, -0.15) is 0 Å². The number of sulfonamides is 1. The molecule has 0 unspecified atom stereocenters. The van der Waals surface area contributed by atoms with Gasteiger partial charge in [-0.25, -0.2) is 8.42 Å². The molecule has 22 heavy (non-hydrogen) atoms. The molecule has 0 aliphatic heterocycles. The summed E-state index contributed by atoms with van der Waals surface area (Å²) in [6.07, 6.45) is 0. The molecule has 10 heteroatoms. The lowest BCUT2D eigenvalue weighted by atomic mass is 10.3. The van der Waals surface area contributed by atoms with Crippen LogP contribution in [0.5, 0.6) is 0 Å². The summed E-state index contributed by atoms with van der Waals surface area (Å²) >= 11 is 9.85. The molecule has 6 nitrogen and oxygen atoms in total. The van der Waals surface area contributed by atoms with Crippen LogP contribution in [0.4, 0.5) is 11.4 Å². The average Bonchev–Trinajstić information content (AvgIpc) is 2.43. The van der Waals surface area contributed by atoms with E-state index in [-0.39, 0.29) is 10.6 Å². The number of nitro benzene ring substituents is 1. The smallest absolute Gasteiger partial charge is 0.269 e. The lowest BCUT2D eigenvalue weighted by molar-refractivity contribution is -0.384. The maximum atomic E-state index is 12.3. The van der Waals surface area contributed by atoms with Crippen LogP contribution < -0.4 is 4.72 Å². The van der Waals surface area contributed by atoms with Crippen molar-refractivity contribution >= 4 is 69.2 Å². The molecule has 0 atom stereocenters. The molecule has 2 rings (SSSR count). The van der Waals surface area contributed by atoms with Crippen LogP contribution in [0.15, 0.2) is 54.7 Å². The highest BCUT2D eigenvalue weighted by molar-refractivity contribution is 9.11. The Morgan fingerprint density at radius 1 is 1.00 bits per heavy atom. The van der Waals surface area contributed by atoms with Crippen LogP contribution in [0.1, 0.15) is 0 Å². The molecule has 0 bridgehead atoms. The Hall–Kier alpha value is -0.970. The quantitative estimate of drug-likeness (QED) is 0.474. The van der Waals surface area contributed by atoms with Crippen LogP contribution in [0.3, 0.4) is 0 Å². The largest absolute Gasteiger partial charge is 0.277 e. The van der Waals surface area contributed by atoms with Gasteiger partial charge in [-0.05, 0) is 56.1 Å². The molecule has 1 N–H and O–H groups in total. The fraction of sp³-hybridized carbons (Fsp3) is 0. The third-order valence-electron chi connectivity index (χ3n) is 2.60. The Bertz CT molecular complexity index is 815.